The van der Waals surface area contributed by atoms with E-state index in [0.29, 0.717) is 41.4 Å². The van der Waals surface area contributed by atoms with Crippen LogP contribution in [0.2, 0.25) is 0 Å². The van der Waals surface area contributed by atoms with E-state index in [2.05, 4.69) is 27.2 Å². The van der Waals surface area contributed by atoms with E-state index in [1.54, 1.807) is 12.1 Å². The van der Waals surface area contributed by atoms with Gasteiger partial charge in [0.05, 0.1) is 5.69 Å². The number of carbonyl (C=O) groups is 1. The molecule has 1 aromatic carbocycles. The maximum Gasteiger partial charge on any atom is 0.270 e. The number of nitrogens with one attached hydrogen (secondary N) is 3. The molecule has 3 aliphatic rings. The molecule has 0 saturated heterocycles. The van der Waals surface area contributed by atoms with Crippen molar-refractivity contribution in [2.45, 2.75) is 32.4 Å². The van der Waals surface area contributed by atoms with Crippen molar-refractivity contribution in [1.82, 2.24) is 20.5 Å². The first-order valence-electron chi connectivity index (χ1n) is 11.0. The van der Waals surface area contributed by atoms with Gasteiger partial charge < -0.3 is 20.5 Å². The Hall–Kier alpha value is -3.45. The molecule has 1 fully saturated rings. The number of aromatic amines is 1. The van der Waals surface area contributed by atoms with Crippen LogP contribution < -0.4 is 10.6 Å². The number of fused-ring (bicyclic) bond motifs is 2. The van der Waals surface area contributed by atoms with Gasteiger partial charge in [0, 0.05) is 35.9 Å². The number of aromatic nitrogens is 1. The summed E-state index contributed by atoms with van der Waals surface area (Å²) < 4.78 is 14.7. The number of amidine groups is 1. The maximum atomic E-state index is 14.7. The van der Waals surface area contributed by atoms with Crippen molar-refractivity contribution >= 4 is 22.6 Å². The first kappa shape index (κ1) is 20.5. The monoisotopic (exact) mass is 431 g/mol. The number of rotatable bonds is 7. The molecule has 0 bridgehead atoms. The van der Waals surface area contributed by atoms with Crippen LogP contribution in [0.15, 0.2) is 71.7 Å². The normalized spacial score (nSPS) is 17.8. The predicted octanol–water partition coefficient (Wildman–Crippen LogP) is 4.01. The van der Waals surface area contributed by atoms with E-state index < -0.39 is 0 Å². The van der Waals surface area contributed by atoms with Gasteiger partial charge in [0.15, 0.2) is 5.82 Å². The molecule has 1 saturated carbocycles. The Bertz CT molecular complexity index is 1200. The number of hydrogen-bond acceptors (Lipinski definition) is 4. The molecule has 2 aliphatic heterocycles. The highest BCUT2D eigenvalue weighted by Crippen LogP contribution is 2.26. The van der Waals surface area contributed by atoms with Crippen LogP contribution in [0.5, 0.6) is 0 Å². The molecular weight excluding hydrogens is 405 g/mol. The molecule has 32 heavy (non-hydrogen) atoms. The summed E-state index contributed by atoms with van der Waals surface area (Å²) in [6.45, 7) is 5.73. The summed E-state index contributed by atoms with van der Waals surface area (Å²) in [5.41, 5.74) is 3.18. The number of benzene rings is 1. The minimum absolute atomic E-state index is 0.211. The van der Waals surface area contributed by atoms with E-state index in [1.165, 1.54) is 19.3 Å². The molecule has 0 atom stereocenters. The summed E-state index contributed by atoms with van der Waals surface area (Å²) in [4.78, 5) is 22.1. The number of nitrogens with zero attached hydrogens (tertiary/aromatic N) is 2. The highest BCUT2D eigenvalue weighted by atomic mass is 19.1. The predicted molar refractivity (Wildman–Crippen MR) is 124 cm³/mol. The Morgan fingerprint density at radius 1 is 1.28 bits per heavy atom. The van der Waals surface area contributed by atoms with E-state index in [9.17, 15) is 9.18 Å². The molecule has 7 heteroatoms. The van der Waals surface area contributed by atoms with Crippen molar-refractivity contribution in [1.29, 1.82) is 0 Å². The zero-order chi connectivity index (χ0) is 22.1. The number of aliphatic imine (C=N–C) groups is 1. The number of carbonyl (C=O) groups excluding carboxylic acids is 1. The average Bonchev–Trinajstić information content (AvgIpc) is 3.08. The van der Waals surface area contributed by atoms with Crippen LogP contribution in [0.4, 0.5) is 4.39 Å². The summed E-state index contributed by atoms with van der Waals surface area (Å²) in [7, 11) is 0. The molecule has 0 radical (unpaired) electrons. The summed E-state index contributed by atoms with van der Waals surface area (Å²) >= 11 is 0. The largest absolute Gasteiger partial charge is 0.355 e. The van der Waals surface area contributed by atoms with Gasteiger partial charge >= 0.3 is 0 Å². The summed E-state index contributed by atoms with van der Waals surface area (Å²) in [5, 5.41) is 6.81. The molecule has 164 valence electrons. The summed E-state index contributed by atoms with van der Waals surface area (Å²) in [6.07, 6.45) is 12.9. The van der Waals surface area contributed by atoms with Crippen LogP contribution in [-0.4, -0.2) is 28.2 Å². The molecule has 2 aromatic rings. The van der Waals surface area contributed by atoms with Crippen LogP contribution in [0, 0.1) is 11.7 Å². The van der Waals surface area contributed by atoms with Crippen molar-refractivity contribution in [3.8, 4) is 0 Å². The minimum atomic E-state index is -0.278. The van der Waals surface area contributed by atoms with Crippen LogP contribution in [0.25, 0.3) is 10.9 Å². The van der Waals surface area contributed by atoms with Gasteiger partial charge in [0.2, 0.25) is 0 Å². The highest BCUT2D eigenvalue weighted by Gasteiger charge is 2.21. The Kier molecular flexibility index (Phi) is 5.49. The average molecular weight is 432 g/mol. The molecular formula is C25H26FN5O. The second-order valence-electron chi connectivity index (χ2n) is 8.47. The van der Waals surface area contributed by atoms with Gasteiger partial charge in [0.25, 0.3) is 5.91 Å². The molecule has 1 amide bonds. The molecule has 6 nitrogen and oxygen atoms in total. The molecule has 1 aliphatic carbocycles. The quantitative estimate of drug-likeness (QED) is 0.620. The molecule has 3 N–H and O–H groups in total. The van der Waals surface area contributed by atoms with Gasteiger partial charge in [0.1, 0.15) is 11.5 Å². The zero-order valence-corrected chi connectivity index (χ0v) is 17.8. The van der Waals surface area contributed by atoms with Gasteiger partial charge in [-0.15, -0.1) is 0 Å². The van der Waals surface area contributed by atoms with Crippen LogP contribution in [0.3, 0.4) is 0 Å². The summed E-state index contributed by atoms with van der Waals surface area (Å²) in [6, 6.07) is 5.48. The van der Waals surface area contributed by atoms with Crippen LogP contribution in [0.1, 0.15) is 30.5 Å². The Balaban J connectivity index is 1.23. The van der Waals surface area contributed by atoms with Gasteiger partial charge in [-0.2, -0.15) is 0 Å². The number of H-pyrrole nitrogens is 1. The van der Waals surface area contributed by atoms with Gasteiger partial charge in [-0.25, -0.2) is 9.38 Å². The third kappa shape index (κ3) is 4.03. The fraction of sp³-hybridized carbons (Fsp3) is 0.280. The Morgan fingerprint density at radius 2 is 2.16 bits per heavy atom. The topological polar surface area (TPSA) is 72.5 Å². The van der Waals surface area contributed by atoms with E-state index in [1.807, 2.05) is 41.5 Å². The lowest BCUT2D eigenvalue weighted by Crippen LogP contribution is -2.31. The maximum absolute atomic E-state index is 14.7. The van der Waals surface area contributed by atoms with E-state index in [4.69, 9.17) is 0 Å². The lowest BCUT2D eigenvalue weighted by molar-refractivity contribution is -0.117. The molecule has 0 unspecified atom stereocenters. The lowest BCUT2D eigenvalue weighted by atomic mass is 9.85. The van der Waals surface area contributed by atoms with Crippen molar-refractivity contribution < 1.29 is 9.18 Å². The summed E-state index contributed by atoms with van der Waals surface area (Å²) in [5.74, 6) is 0.900. The standard InChI is InChI=1S/C25H26FN5O/c1-16-11-21(30-23-7-2-3-10-31(16)23)25(32)28-14-18-8-9-19-20(12-18)29-22(24(19)26)15-27-13-17-5-4-6-17/h2-3,7-12,17,27,29H,1,4-6,13-15H2,(H,28,32). The lowest BCUT2D eigenvalue weighted by Gasteiger charge is -2.26. The number of amides is 1. The fourth-order valence-corrected chi connectivity index (χ4v) is 4.14. The Labute approximate surface area is 186 Å². The SMILES string of the molecule is C=C1C=C(C(=O)NCc2ccc3c(F)c(CNCC4CCC4)[nH]c3c2)N=C2C=CC=CN12. The van der Waals surface area contributed by atoms with Crippen LogP contribution >= 0.6 is 0 Å². The van der Waals surface area contributed by atoms with Gasteiger partial charge in [-0.3, -0.25) is 4.79 Å². The van der Waals surface area contributed by atoms with Crippen molar-refractivity contribution in [2.75, 3.05) is 6.54 Å². The first-order valence-corrected chi connectivity index (χ1v) is 11.0. The molecule has 5 rings (SSSR count). The van der Waals surface area contributed by atoms with Crippen LogP contribution in [-0.2, 0) is 17.9 Å². The van der Waals surface area contributed by atoms with Crippen molar-refractivity contribution in [3.05, 3.63) is 83.8 Å². The highest BCUT2D eigenvalue weighted by molar-refractivity contribution is 6.04. The number of halogens is 1. The molecule has 0 spiro atoms. The molecule has 1 aromatic heterocycles. The first-order chi connectivity index (χ1) is 15.6. The van der Waals surface area contributed by atoms with Gasteiger partial charge in [-0.1, -0.05) is 25.1 Å². The second-order valence-corrected chi connectivity index (χ2v) is 8.47. The third-order valence-electron chi connectivity index (χ3n) is 6.20. The smallest absolute Gasteiger partial charge is 0.270 e. The van der Waals surface area contributed by atoms with Gasteiger partial charge in [-0.05, 0) is 61.2 Å². The second kappa shape index (κ2) is 8.59. The zero-order valence-electron chi connectivity index (χ0n) is 17.8. The van der Waals surface area contributed by atoms with E-state index in [-0.39, 0.29) is 11.7 Å². The van der Waals surface area contributed by atoms with E-state index in [0.717, 1.165) is 23.5 Å². The number of hydrogen-bond donors (Lipinski definition) is 3. The number of allylic oxidation sites excluding steroid dienone is 3. The third-order valence-corrected chi connectivity index (χ3v) is 6.20. The molecule has 3 heterocycles. The van der Waals surface area contributed by atoms with Crippen molar-refractivity contribution in [3.63, 3.8) is 0 Å². The van der Waals surface area contributed by atoms with Crippen molar-refractivity contribution in [2.24, 2.45) is 10.9 Å². The van der Waals surface area contributed by atoms with E-state index >= 15 is 0 Å². The Morgan fingerprint density at radius 3 is 2.97 bits per heavy atom. The minimum Gasteiger partial charge on any atom is -0.355 e. The fourth-order valence-electron chi connectivity index (χ4n) is 4.14.